The van der Waals surface area contributed by atoms with Crippen LogP contribution in [0.25, 0.3) is 6.08 Å². The number of furan rings is 1. The van der Waals surface area contributed by atoms with E-state index in [1.807, 2.05) is 13.8 Å². The summed E-state index contributed by atoms with van der Waals surface area (Å²) in [5, 5.41) is 0.189. The van der Waals surface area contributed by atoms with Crippen LogP contribution in [0.5, 0.6) is 5.75 Å². The fraction of sp³-hybridized carbons (Fsp3) is 0.250. The number of amides is 1. The molecule has 8 heteroatoms. The van der Waals surface area contributed by atoms with Crippen LogP contribution in [0.3, 0.4) is 0 Å². The Hall–Kier alpha value is -3.13. The zero-order valence-corrected chi connectivity index (χ0v) is 16.6. The molecule has 2 aromatic rings. The smallest absolute Gasteiger partial charge is 0.325 e. The van der Waals surface area contributed by atoms with Gasteiger partial charge in [0.15, 0.2) is 5.11 Å². The fourth-order valence-corrected chi connectivity index (χ4v) is 3.13. The van der Waals surface area contributed by atoms with Gasteiger partial charge >= 0.3 is 5.97 Å². The summed E-state index contributed by atoms with van der Waals surface area (Å²) >= 11 is 5.49. The van der Waals surface area contributed by atoms with Gasteiger partial charge in [0.2, 0.25) is 0 Å². The van der Waals surface area contributed by atoms with Gasteiger partial charge in [-0.3, -0.25) is 14.5 Å². The van der Waals surface area contributed by atoms with Crippen molar-refractivity contribution < 1.29 is 23.5 Å². The molecule has 1 aromatic carbocycles. The maximum absolute atomic E-state index is 13.1. The summed E-state index contributed by atoms with van der Waals surface area (Å²) in [7, 11) is 1.28. The maximum atomic E-state index is 13.1. The molecule has 0 unspecified atom stereocenters. The number of esters is 1. The molecule has 0 N–H and O–H groups in total. The number of methoxy groups -OCH3 is 1. The number of carbonyl (C=O) groups excluding carboxylic acids is 2. The Kier molecular flexibility index (Phi) is 5.79. The van der Waals surface area contributed by atoms with Crippen molar-refractivity contribution in [1.82, 2.24) is 4.90 Å². The number of nitrogens with zero attached hydrogens (tertiary/aromatic N) is 2. The normalized spacial score (nSPS) is 15.5. The molecule has 1 saturated heterocycles. The number of aryl methyl sites for hydroxylation is 1. The van der Waals surface area contributed by atoms with E-state index in [-0.39, 0.29) is 23.3 Å². The van der Waals surface area contributed by atoms with Gasteiger partial charge in [-0.25, -0.2) is 0 Å². The van der Waals surface area contributed by atoms with Gasteiger partial charge in [-0.2, -0.15) is 0 Å². The second kappa shape index (κ2) is 8.26. The lowest BCUT2D eigenvalue weighted by molar-refractivity contribution is -0.140. The van der Waals surface area contributed by atoms with Gasteiger partial charge in [0.05, 0.1) is 19.4 Å². The second-order valence-electron chi connectivity index (χ2n) is 5.99. The van der Waals surface area contributed by atoms with Crippen LogP contribution in [0, 0.1) is 6.92 Å². The molecule has 0 spiro atoms. The van der Waals surface area contributed by atoms with Crippen molar-refractivity contribution in [3.63, 3.8) is 0 Å². The van der Waals surface area contributed by atoms with Crippen LogP contribution < -0.4 is 9.64 Å². The first-order chi connectivity index (χ1) is 13.4. The molecule has 1 aliphatic rings. The van der Waals surface area contributed by atoms with Crippen LogP contribution >= 0.6 is 12.2 Å². The number of anilines is 1. The number of carbonyl (C=O) groups is 2. The number of hydrogen-bond acceptors (Lipinski definition) is 6. The van der Waals surface area contributed by atoms with Gasteiger partial charge in [-0.05, 0) is 62.5 Å². The van der Waals surface area contributed by atoms with Gasteiger partial charge in [-0.15, -0.1) is 0 Å². The lowest BCUT2D eigenvalue weighted by atomic mass is 10.2. The van der Waals surface area contributed by atoms with E-state index in [0.717, 1.165) is 0 Å². The van der Waals surface area contributed by atoms with Gasteiger partial charge in [0, 0.05) is 6.08 Å². The molecule has 3 rings (SSSR count). The molecule has 0 aliphatic carbocycles. The van der Waals surface area contributed by atoms with Crippen LogP contribution in [0.1, 0.15) is 18.4 Å². The highest BCUT2D eigenvalue weighted by molar-refractivity contribution is 7.80. The summed E-state index contributed by atoms with van der Waals surface area (Å²) in [6.07, 6.45) is 1.57. The third-order valence-corrected chi connectivity index (χ3v) is 4.50. The SMILES string of the molecule is CCOc1ccc(N2C(=O)/C(=C/c3ccc(C)o3)N(CC(=O)OC)C2=S)cc1. The average molecular weight is 400 g/mol. The summed E-state index contributed by atoms with van der Waals surface area (Å²) < 4.78 is 15.7. The van der Waals surface area contributed by atoms with E-state index in [2.05, 4.69) is 0 Å². The van der Waals surface area contributed by atoms with Crippen LogP contribution in [0.2, 0.25) is 0 Å². The Labute approximate surface area is 168 Å². The largest absolute Gasteiger partial charge is 0.494 e. The zero-order valence-electron chi connectivity index (χ0n) is 15.8. The van der Waals surface area contributed by atoms with E-state index in [4.69, 9.17) is 26.1 Å². The summed E-state index contributed by atoms with van der Waals surface area (Å²) in [6, 6.07) is 10.5. The lowest BCUT2D eigenvalue weighted by Gasteiger charge is -2.19. The van der Waals surface area contributed by atoms with Crippen LogP contribution in [-0.4, -0.2) is 42.2 Å². The van der Waals surface area contributed by atoms with Gasteiger partial charge in [0.25, 0.3) is 5.91 Å². The highest BCUT2D eigenvalue weighted by Crippen LogP contribution is 2.30. The van der Waals surface area contributed by atoms with Crippen molar-refractivity contribution in [3.8, 4) is 5.75 Å². The van der Waals surface area contributed by atoms with Crippen molar-refractivity contribution in [1.29, 1.82) is 0 Å². The maximum Gasteiger partial charge on any atom is 0.325 e. The van der Waals surface area contributed by atoms with Crippen molar-refractivity contribution in [2.75, 3.05) is 25.2 Å². The van der Waals surface area contributed by atoms with Crippen LogP contribution in [-0.2, 0) is 14.3 Å². The topological polar surface area (TPSA) is 72.2 Å². The van der Waals surface area contributed by atoms with Crippen LogP contribution in [0.4, 0.5) is 5.69 Å². The molecular weight excluding hydrogens is 380 g/mol. The first-order valence-corrected chi connectivity index (χ1v) is 9.09. The van der Waals surface area contributed by atoms with Crippen molar-refractivity contribution in [2.45, 2.75) is 13.8 Å². The number of rotatable bonds is 6. The minimum atomic E-state index is -0.509. The number of thiocarbonyl (C=S) groups is 1. The van der Waals surface area contributed by atoms with E-state index in [9.17, 15) is 9.59 Å². The van der Waals surface area contributed by atoms with Crippen molar-refractivity contribution in [3.05, 3.63) is 53.6 Å². The molecule has 0 bridgehead atoms. The molecule has 0 atom stereocenters. The number of ether oxygens (including phenoxy) is 2. The Morgan fingerprint density at radius 2 is 1.93 bits per heavy atom. The molecule has 1 fully saturated rings. The summed E-state index contributed by atoms with van der Waals surface area (Å²) in [5.74, 6) is 1.03. The number of benzene rings is 1. The molecule has 1 aliphatic heterocycles. The lowest BCUT2D eigenvalue weighted by Crippen LogP contribution is -2.35. The minimum absolute atomic E-state index is 0.180. The predicted molar refractivity (Wildman–Crippen MR) is 108 cm³/mol. The molecule has 2 heterocycles. The summed E-state index contributed by atoms with van der Waals surface area (Å²) in [4.78, 5) is 27.8. The highest BCUT2D eigenvalue weighted by atomic mass is 32.1. The van der Waals surface area contributed by atoms with Crippen molar-refractivity contribution >= 4 is 41.0 Å². The molecule has 146 valence electrons. The molecule has 1 amide bonds. The molecule has 28 heavy (non-hydrogen) atoms. The van der Waals surface area contributed by atoms with Crippen molar-refractivity contribution in [2.24, 2.45) is 0 Å². The monoisotopic (exact) mass is 400 g/mol. The molecular formula is C20H20N2O5S. The third-order valence-electron chi connectivity index (χ3n) is 4.10. The molecule has 0 radical (unpaired) electrons. The van der Waals surface area contributed by atoms with Gasteiger partial charge in [-0.1, -0.05) is 0 Å². The first-order valence-electron chi connectivity index (χ1n) is 8.68. The Bertz CT molecular complexity index is 932. The fourth-order valence-electron chi connectivity index (χ4n) is 2.78. The summed E-state index contributed by atoms with van der Waals surface area (Å²) in [5.41, 5.74) is 0.811. The molecule has 0 saturated carbocycles. The summed E-state index contributed by atoms with van der Waals surface area (Å²) in [6.45, 7) is 4.07. The van der Waals surface area contributed by atoms with Gasteiger partial charge < -0.3 is 18.8 Å². The first kappa shape index (κ1) is 19.6. The van der Waals surface area contributed by atoms with Crippen LogP contribution in [0.15, 0.2) is 46.5 Å². The van der Waals surface area contributed by atoms with E-state index < -0.39 is 5.97 Å². The third kappa shape index (κ3) is 3.91. The van der Waals surface area contributed by atoms with E-state index in [0.29, 0.717) is 29.6 Å². The predicted octanol–water partition coefficient (Wildman–Crippen LogP) is 3.13. The Morgan fingerprint density at radius 3 is 2.50 bits per heavy atom. The zero-order chi connectivity index (χ0) is 20.3. The Morgan fingerprint density at radius 1 is 1.21 bits per heavy atom. The molecule has 7 nitrogen and oxygen atoms in total. The van der Waals surface area contributed by atoms with Gasteiger partial charge in [0.1, 0.15) is 29.5 Å². The van der Waals surface area contributed by atoms with E-state index in [1.54, 1.807) is 42.5 Å². The average Bonchev–Trinajstić information content (AvgIpc) is 3.19. The molecule has 1 aromatic heterocycles. The standard InChI is InChI=1S/C20H20N2O5S/c1-4-26-15-9-6-14(7-10-15)22-19(24)17(11-16-8-5-13(2)27-16)21(20(22)28)12-18(23)25-3/h5-11H,4,12H2,1-3H3/b17-11-. The van der Waals surface area contributed by atoms with E-state index >= 15 is 0 Å². The minimum Gasteiger partial charge on any atom is -0.494 e. The second-order valence-corrected chi connectivity index (χ2v) is 6.36. The quantitative estimate of drug-likeness (QED) is 0.419. The number of hydrogen-bond donors (Lipinski definition) is 0. The Balaban J connectivity index is 1.98. The highest BCUT2D eigenvalue weighted by Gasteiger charge is 2.40. The van der Waals surface area contributed by atoms with E-state index in [1.165, 1.54) is 16.9 Å².